The second-order valence-corrected chi connectivity index (χ2v) is 5.92. The Kier molecular flexibility index (Phi) is 3.61. The summed E-state index contributed by atoms with van der Waals surface area (Å²) in [5, 5.41) is 11.7. The van der Waals surface area contributed by atoms with Crippen molar-refractivity contribution in [1.29, 1.82) is 0 Å². The Morgan fingerprint density at radius 1 is 1.33 bits per heavy atom. The molecule has 0 radical (unpaired) electrons. The molecule has 1 amide bonds. The molecular formula is C13H21NO4. The number of carboxylic acid groups (broad SMARTS) is 1. The van der Waals surface area contributed by atoms with Crippen molar-refractivity contribution >= 4 is 11.9 Å². The molecule has 0 unspecified atom stereocenters. The highest BCUT2D eigenvalue weighted by Crippen LogP contribution is 2.58. The zero-order valence-electron chi connectivity index (χ0n) is 10.9. The minimum atomic E-state index is -0.884. The Balaban J connectivity index is 1.64. The fourth-order valence-electron chi connectivity index (χ4n) is 2.48. The molecule has 2 saturated carbocycles. The summed E-state index contributed by atoms with van der Waals surface area (Å²) in [7, 11) is 0. The van der Waals surface area contributed by atoms with Gasteiger partial charge in [-0.1, -0.05) is 13.8 Å². The number of ether oxygens (including phenoxy) is 1. The van der Waals surface area contributed by atoms with E-state index in [1.165, 1.54) is 12.8 Å². The number of hydrogen-bond donors (Lipinski definition) is 2. The molecule has 0 aliphatic heterocycles. The van der Waals surface area contributed by atoms with Crippen LogP contribution in [0.3, 0.4) is 0 Å². The third kappa shape index (κ3) is 2.83. The number of hydrogen-bond acceptors (Lipinski definition) is 3. The van der Waals surface area contributed by atoms with E-state index in [0.29, 0.717) is 13.2 Å². The van der Waals surface area contributed by atoms with Gasteiger partial charge in [-0.25, -0.2) is 0 Å². The third-order valence-corrected chi connectivity index (χ3v) is 3.97. The molecule has 0 spiro atoms. The van der Waals surface area contributed by atoms with Crippen LogP contribution in [0.5, 0.6) is 0 Å². The number of aliphatic carboxylic acids is 1. The summed E-state index contributed by atoms with van der Waals surface area (Å²) in [6.45, 7) is 5.39. The molecule has 102 valence electrons. The molecule has 2 aliphatic carbocycles. The quantitative estimate of drug-likeness (QED) is 0.662. The summed E-state index contributed by atoms with van der Waals surface area (Å²) in [5.74, 6) is -1.28. The third-order valence-electron chi connectivity index (χ3n) is 3.97. The second kappa shape index (κ2) is 4.88. The normalized spacial score (nSPS) is 28.8. The van der Waals surface area contributed by atoms with Crippen molar-refractivity contribution in [3.05, 3.63) is 0 Å². The standard InChI is InChI=1S/C13H21NO4/c1-13(2)9(10(13)12(16)17)11(15)14-5-6-18-7-8-3-4-8/h8-10H,3-7H2,1-2H3,(H,14,15)(H,16,17)/t9-,10+/m1/s1. The molecule has 0 aromatic heterocycles. The average Bonchev–Trinajstić information content (AvgIpc) is 3.14. The van der Waals surface area contributed by atoms with Crippen LogP contribution in [0.25, 0.3) is 0 Å². The predicted molar refractivity (Wildman–Crippen MR) is 64.9 cm³/mol. The van der Waals surface area contributed by atoms with Gasteiger partial charge in [0.25, 0.3) is 0 Å². The Hall–Kier alpha value is -1.10. The van der Waals surface area contributed by atoms with Crippen LogP contribution in [0.15, 0.2) is 0 Å². The molecule has 18 heavy (non-hydrogen) atoms. The Morgan fingerprint density at radius 2 is 2.00 bits per heavy atom. The molecule has 2 rings (SSSR count). The van der Waals surface area contributed by atoms with E-state index in [9.17, 15) is 9.59 Å². The fourth-order valence-corrected chi connectivity index (χ4v) is 2.48. The van der Waals surface area contributed by atoms with Crippen LogP contribution >= 0.6 is 0 Å². The van der Waals surface area contributed by atoms with Crippen molar-refractivity contribution < 1.29 is 19.4 Å². The first-order chi connectivity index (χ1) is 8.44. The first kappa shape index (κ1) is 13.3. The monoisotopic (exact) mass is 255 g/mol. The molecule has 0 aromatic rings. The lowest BCUT2D eigenvalue weighted by atomic mass is 10.1. The minimum Gasteiger partial charge on any atom is -0.481 e. The zero-order chi connectivity index (χ0) is 13.3. The topological polar surface area (TPSA) is 75.6 Å². The van der Waals surface area contributed by atoms with Gasteiger partial charge in [0.15, 0.2) is 0 Å². The van der Waals surface area contributed by atoms with Gasteiger partial charge in [0.1, 0.15) is 0 Å². The van der Waals surface area contributed by atoms with Crippen LogP contribution in [0.2, 0.25) is 0 Å². The maximum Gasteiger partial charge on any atom is 0.307 e. The molecule has 0 aromatic carbocycles. The van der Waals surface area contributed by atoms with Gasteiger partial charge in [0.05, 0.1) is 18.4 Å². The van der Waals surface area contributed by atoms with E-state index in [0.717, 1.165) is 12.5 Å². The summed E-state index contributed by atoms with van der Waals surface area (Å²) in [5.41, 5.74) is -0.426. The molecule has 2 atom stereocenters. The highest BCUT2D eigenvalue weighted by molar-refractivity contribution is 5.91. The van der Waals surface area contributed by atoms with E-state index >= 15 is 0 Å². The number of carbonyl (C=O) groups excluding carboxylic acids is 1. The first-order valence-electron chi connectivity index (χ1n) is 6.53. The number of rotatable bonds is 7. The van der Waals surface area contributed by atoms with E-state index in [2.05, 4.69) is 5.32 Å². The fraction of sp³-hybridized carbons (Fsp3) is 0.846. The van der Waals surface area contributed by atoms with Gasteiger partial charge in [-0.15, -0.1) is 0 Å². The number of nitrogens with one attached hydrogen (secondary N) is 1. The summed E-state index contributed by atoms with van der Waals surface area (Å²) in [6, 6.07) is 0. The van der Waals surface area contributed by atoms with Gasteiger partial charge in [0, 0.05) is 13.2 Å². The lowest BCUT2D eigenvalue weighted by Crippen LogP contribution is -2.30. The van der Waals surface area contributed by atoms with Crippen molar-refractivity contribution in [2.75, 3.05) is 19.8 Å². The zero-order valence-corrected chi connectivity index (χ0v) is 10.9. The van der Waals surface area contributed by atoms with E-state index in [1.807, 2.05) is 13.8 Å². The van der Waals surface area contributed by atoms with E-state index < -0.39 is 23.2 Å². The van der Waals surface area contributed by atoms with E-state index in [4.69, 9.17) is 9.84 Å². The molecule has 5 heteroatoms. The van der Waals surface area contributed by atoms with Gasteiger partial charge in [-0.05, 0) is 24.2 Å². The van der Waals surface area contributed by atoms with Crippen LogP contribution < -0.4 is 5.32 Å². The Labute approximate surface area is 107 Å². The van der Waals surface area contributed by atoms with Crippen molar-refractivity contribution in [2.45, 2.75) is 26.7 Å². The molecular weight excluding hydrogens is 234 g/mol. The molecule has 2 aliphatic rings. The molecule has 2 fully saturated rings. The Morgan fingerprint density at radius 3 is 2.50 bits per heavy atom. The maximum atomic E-state index is 11.8. The lowest BCUT2D eigenvalue weighted by molar-refractivity contribution is -0.140. The highest BCUT2D eigenvalue weighted by atomic mass is 16.5. The molecule has 0 saturated heterocycles. The summed E-state index contributed by atoms with van der Waals surface area (Å²) in [4.78, 5) is 22.8. The number of carbonyl (C=O) groups is 2. The first-order valence-corrected chi connectivity index (χ1v) is 6.53. The molecule has 0 heterocycles. The van der Waals surface area contributed by atoms with Crippen molar-refractivity contribution in [2.24, 2.45) is 23.2 Å². The van der Waals surface area contributed by atoms with Gasteiger partial charge in [-0.3, -0.25) is 9.59 Å². The van der Waals surface area contributed by atoms with Crippen LogP contribution in [0.1, 0.15) is 26.7 Å². The predicted octanol–water partition coefficient (Wildman–Crippen LogP) is 0.886. The summed E-state index contributed by atoms with van der Waals surface area (Å²) in [6.07, 6.45) is 2.51. The van der Waals surface area contributed by atoms with Gasteiger partial charge in [0.2, 0.25) is 5.91 Å². The molecule has 5 nitrogen and oxygen atoms in total. The van der Waals surface area contributed by atoms with Crippen molar-refractivity contribution in [1.82, 2.24) is 5.32 Å². The van der Waals surface area contributed by atoms with Crippen LogP contribution in [-0.2, 0) is 14.3 Å². The number of carboxylic acids is 1. The Bertz CT molecular complexity index is 349. The van der Waals surface area contributed by atoms with Crippen LogP contribution in [-0.4, -0.2) is 36.7 Å². The van der Waals surface area contributed by atoms with Crippen LogP contribution in [0.4, 0.5) is 0 Å². The molecule has 2 N–H and O–H groups in total. The van der Waals surface area contributed by atoms with Crippen molar-refractivity contribution in [3.63, 3.8) is 0 Å². The van der Waals surface area contributed by atoms with Gasteiger partial charge in [-0.2, -0.15) is 0 Å². The average molecular weight is 255 g/mol. The van der Waals surface area contributed by atoms with Gasteiger partial charge < -0.3 is 15.2 Å². The van der Waals surface area contributed by atoms with E-state index in [1.54, 1.807) is 0 Å². The highest BCUT2D eigenvalue weighted by Gasteiger charge is 2.65. The van der Waals surface area contributed by atoms with Crippen LogP contribution in [0, 0.1) is 23.2 Å². The number of amides is 1. The maximum absolute atomic E-state index is 11.8. The SMILES string of the molecule is CC1(C)[C@H](C(=O)O)[C@@H]1C(=O)NCCOCC1CC1. The van der Waals surface area contributed by atoms with Gasteiger partial charge >= 0.3 is 5.97 Å². The van der Waals surface area contributed by atoms with Crippen molar-refractivity contribution in [3.8, 4) is 0 Å². The minimum absolute atomic E-state index is 0.164. The second-order valence-electron chi connectivity index (χ2n) is 5.92. The largest absolute Gasteiger partial charge is 0.481 e. The smallest absolute Gasteiger partial charge is 0.307 e. The summed E-state index contributed by atoms with van der Waals surface area (Å²) < 4.78 is 5.40. The molecule has 0 bridgehead atoms. The van der Waals surface area contributed by atoms with E-state index in [-0.39, 0.29) is 5.91 Å². The lowest BCUT2D eigenvalue weighted by Gasteiger charge is -2.06. The summed E-state index contributed by atoms with van der Waals surface area (Å²) >= 11 is 0.